The maximum atomic E-state index is 10.0. The fourth-order valence-electron chi connectivity index (χ4n) is 2.70. The van der Waals surface area contributed by atoms with Gasteiger partial charge in [0.25, 0.3) is 0 Å². The summed E-state index contributed by atoms with van der Waals surface area (Å²) in [4.78, 5) is 11.2. The van der Waals surface area contributed by atoms with E-state index >= 15 is 0 Å². The van der Waals surface area contributed by atoms with E-state index < -0.39 is 0 Å². The van der Waals surface area contributed by atoms with Gasteiger partial charge in [0.05, 0.1) is 18.8 Å². The van der Waals surface area contributed by atoms with Crippen LogP contribution in [0, 0.1) is 12.8 Å². The average molecular weight is 315 g/mol. The van der Waals surface area contributed by atoms with Crippen LogP contribution in [-0.4, -0.2) is 53.1 Å². The number of nitrogens with zero attached hydrogens (tertiary/aromatic N) is 3. The Labute approximate surface area is 135 Å². The lowest BCUT2D eigenvalue weighted by atomic mass is 10.1. The highest BCUT2D eigenvalue weighted by Crippen LogP contribution is 2.28. The number of aromatic nitrogens is 2. The summed E-state index contributed by atoms with van der Waals surface area (Å²) in [6.07, 6.45) is 0. The average Bonchev–Trinajstić information content (AvgIpc) is 2.80. The summed E-state index contributed by atoms with van der Waals surface area (Å²) in [5, 5.41) is 19.5. The van der Waals surface area contributed by atoms with Gasteiger partial charge >= 0.3 is 0 Å². The van der Waals surface area contributed by atoms with Crippen molar-refractivity contribution < 1.29 is 14.9 Å². The van der Waals surface area contributed by atoms with Crippen LogP contribution in [0.25, 0.3) is 11.4 Å². The lowest BCUT2D eigenvalue weighted by molar-refractivity contribution is 0.0959. The minimum Gasteiger partial charge on any atom is -0.507 e. The number of aliphatic hydroxyl groups excluding tert-OH is 1. The molecule has 1 atom stereocenters. The minimum atomic E-state index is 0.0707. The zero-order valence-corrected chi connectivity index (χ0v) is 13.1. The molecule has 1 aliphatic rings. The third kappa shape index (κ3) is 3.60. The van der Waals surface area contributed by atoms with Crippen molar-refractivity contribution in [3.8, 4) is 17.1 Å². The normalized spacial score (nSPS) is 18.7. The molecule has 6 nitrogen and oxygen atoms in total. The van der Waals surface area contributed by atoms with Gasteiger partial charge in [0.2, 0.25) is 0 Å². The molecule has 1 aliphatic heterocycles. The molecule has 0 spiro atoms. The van der Waals surface area contributed by atoms with Gasteiger partial charge in [0.15, 0.2) is 5.82 Å². The summed E-state index contributed by atoms with van der Waals surface area (Å²) in [6, 6.07) is 8.97. The SMILES string of the molecule is Cc1cc(N2CCOCC(CO)C2)nc(-c2ccccc2O)n1. The van der Waals surface area contributed by atoms with Gasteiger partial charge in [-0.1, -0.05) is 12.1 Å². The second-order valence-corrected chi connectivity index (χ2v) is 5.78. The Morgan fingerprint density at radius 3 is 2.91 bits per heavy atom. The number of ether oxygens (including phenoxy) is 1. The lowest BCUT2D eigenvalue weighted by Crippen LogP contribution is -2.32. The molecule has 23 heavy (non-hydrogen) atoms. The zero-order chi connectivity index (χ0) is 16.2. The molecule has 0 bridgehead atoms. The molecular formula is C17H21N3O3. The Balaban J connectivity index is 1.95. The first-order valence-corrected chi connectivity index (χ1v) is 7.75. The monoisotopic (exact) mass is 315 g/mol. The Kier molecular flexibility index (Phi) is 4.73. The van der Waals surface area contributed by atoms with Crippen molar-refractivity contribution in [1.82, 2.24) is 9.97 Å². The molecule has 1 saturated heterocycles. The molecule has 3 rings (SSSR count). The van der Waals surface area contributed by atoms with Crippen molar-refractivity contribution in [2.75, 3.05) is 37.8 Å². The number of phenols is 1. The molecule has 0 amide bonds. The second kappa shape index (κ2) is 6.93. The van der Waals surface area contributed by atoms with Gasteiger partial charge in [-0.15, -0.1) is 0 Å². The Morgan fingerprint density at radius 2 is 2.13 bits per heavy atom. The van der Waals surface area contributed by atoms with E-state index in [1.54, 1.807) is 18.2 Å². The second-order valence-electron chi connectivity index (χ2n) is 5.78. The number of para-hydroxylation sites is 1. The Morgan fingerprint density at radius 1 is 1.30 bits per heavy atom. The van der Waals surface area contributed by atoms with Crippen LogP contribution in [0.3, 0.4) is 0 Å². The highest BCUT2D eigenvalue weighted by atomic mass is 16.5. The topological polar surface area (TPSA) is 78.7 Å². The van der Waals surface area contributed by atoms with Crippen molar-refractivity contribution in [3.05, 3.63) is 36.0 Å². The van der Waals surface area contributed by atoms with Gasteiger partial charge < -0.3 is 19.8 Å². The first-order chi connectivity index (χ1) is 11.2. The number of aryl methyl sites for hydroxylation is 1. The van der Waals surface area contributed by atoms with Crippen LogP contribution >= 0.6 is 0 Å². The number of hydrogen-bond acceptors (Lipinski definition) is 6. The van der Waals surface area contributed by atoms with Gasteiger partial charge in [0, 0.05) is 37.4 Å². The van der Waals surface area contributed by atoms with Crippen LogP contribution in [-0.2, 0) is 4.74 Å². The molecule has 1 aromatic heterocycles. The largest absolute Gasteiger partial charge is 0.507 e. The molecule has 1 unspecified atom stereocenters. The van der Waals surface area contributed by atoms with Crippen LogP contribution in [0.4, 0.5) is 5.82 Å². The van der Waals surface area contributed by atoms with Crippen molar-refractivity contribution in [1.29, 1.82) is 0 Å². The summed E-state index contributed by atoms with van der Waals surface area (Å²) >= 11 is 0. The van der Waals surface area contributed by atoms with Crippen molar-refractivity contribution in [2.45, 2.75) is 6.92 Å². The molecule has 1 aromatic carbocycles. The van der Waals surface area contributed by atoms with E-state index in [1.807, 2.05) is 19.1 Å². The summed E-state index contributed by atoms with van der Waals surface area (Å²) in [5.74, 6) is 1.53. The van der Waals surface area contributed by atoms with Gasteiger partial charge in [-0.3, -0.25) is 0 Å². The number of anilines is 1. The van der Waals surface area contributed by atoms with Crippen LogP contribution in [0.5, 0.6) is 5.75 Å². The summed E-state index contributed by atoms with van der Waals surface area (Å²) in [6.45, 7) is 4.56. The maximum absolute atomic E-state index is 10.0. The zero-order valence-electron chi connectivity index (χ0n) is 13.1. The summed E-state index contributed by atoms with van der Waals surface area (Å²) in [7, 11) is 0. The van der Waals surface area contributed by atoms with E-state index in [0.717, 1.165) is 11.5 Å². The van der Waals surface area contributed by atoms with Crippen LogP contribution < -0.4 is 4.90 Å². The molecule has 0 radical (unpaired) electrons. The molecule has 2 N–H and O–H groups in total. The van der Waals surface area contributed by atoms with Gasteiger partial charge in [-0.2, -0.15) is 0 Å². The van der Waals surface area contributed by atoms with E-state index in [0.29, 0.717) is 37.7 Å². The molecular weight excluding hydrogens is 294 g/mol. The standard InChI is InChI=1S/C17H21N3O3/c1-12-8-16(20-6-7-23-11-13(9-20)10-21)19-17(18-12)14-4-2-3-5-15(14)22/h2-5,8,13,21-22H,6-7,9-11H2,1H3. The Bertz CT molecular complexity index is 678. The number of phenolic OH excluding ortho intramolecular Hbond substituents is 1. The van der Waals surface area contributed by atoms with Crippen LogP contribution in [0.1, 0.15) is 5.69 Å². The maximum Gasteiger partial charge on any atom is 0.165 e. The van der Waals surface area contributed by atoms with Crippen molar-refractivity contribution in [3.63, 3.8) is 0 Å². The Hall–Kier alpha value is -2.18. The smallest absolute Gasteiger partial charge is 0.165 e. The highest BCUT2D eigenvalue weighted by Gasteiger charge is 2.20. The predicted molar refractivity (Wildman–Crippen MR) is 87.5 cm³/mol. The number of aliphatic hydroxyl groups is 1. The van der Waals surface area contributed by atoms with E-state index in [4.69, 9.17) is 4.74 Å². The predicted octanol–water partition coefficient (Wildman–Crippen LogP) is 1.60. The third-order valence-electron chi connectivity index (χ3n) is 3.91. The molecule has 122 valence electrons. The van der Waals surface area contributed by atoms with Crippen molar-refractivity contribution in [2.24, 2.45) is 5.92 Å². The van der Waals surface area contributed by atoms with E-state index in [-0.39, 0.29) is 18.3 Å². The molecule has 2 heterocycles. The van der Waals surface area contributed by atoms with Gasteiger partial charge in [-0.05, 0) is 19.1 Å². The first-order valence-electron chi connectivity index (χ1n) is 7.75. The minimum absolute atomic E-state index is 0.0707. The first kappa shape index (κ1) is 15.7. The fraction of sp³-hybridized carbons (Fsp3) is 0.412. The quantitative estimate of drug-likeness (QED) is 0.896. The number of hydrogen-bond donors (Lipinski definition) is 2. The number of rotatable bonds is 3. The van der Waals surface area contributed by atoms with E-state index in [9.17, 15) is 10.2 Å². The highest BCUT2D eigenvalue weighted by molar-refractivity contribution is 5.65. The molecule has 0 aliphatic carbocycles. The van der Waals surface area contributed by atoms with Crippen molar-refractivity contribution >= 4 is 5.82 Å². The molecule has 0 saturated carbocycles. The number of benzene rings is 1. The lowest BCUT2D eigenvalue weighted by Gasteiger charge is -2.24. The summed E-state index contributed by atoms with van der Waals surface area (Å²) in [5.41, 5.74) is 1.45. The third-order valence-corrected chi connectivity index (χ3v) is 3.91. The summed E-state index contributed by atoms with van der Waals surface area (Å²) < 4.78 is 5.53. The van der Waals surface area contributed by atoms with Crippen LogP contribution in [0.15, 0.2) is 30.3 Å². The number of aromatic hydroxyl groups is 1. The van der Waals surface area contributed by atoms with Gasteiger partial charge in [-0.25, -0.2) is 9.97 Å². The van der Waals surface area contributed by atoms with Crippen LogP contribution in [0.2, 0.25) is 0 Å². The fourth-order valence-corrected chi connectivity index (χ4v) is 2.70. The molecule has 6 heteroatoms. The van der Waals surface area contributed by atoms with Gasteiger partial charge in [0.1, 0.15) is 11.6 Å². The molecule has 2 aromatic rings. The van der Waals surface area contributed by atoms with E-state index in [1.165, 1.54) is 0 Å². The van der Waals surface area contributed by atoms with E-state index in [2.05, 4.69) is 14.9 Å². The molecule has 1 fully saturated rings.